The number of benzene rings is 1. The summed E-state index contributed by atoms with van der Waals surface area (Å²) in [5.41, 5.74) is 8.58. The van der Waals surface area contributed by atoms with E-state index in [0.29, 0.717) is 0 Å². The molecule has 1 fully saturated rings. The van der Waals surface area contributed by atoms with Crippen LogP contribution in [0.4, 0.5) is 0 Å². The molecule has 0 amide bonds. The van der Waals surface area contributed by atoms with E-state index in [2.05, 4.69) is 36.1 Å². The molecule has 2 heteroatoms. The Morgan fingerprint density at radius 2 is 1.94 bits per heavy atom. The van der Waals surface area contributed by atoms with Gasteiger partial charge in [0, 0.05) is 13.1 Å². The molecule has 1 saturated carbocycles. The van der Waals surface area contributed by atoms with Crippen LogP contribution in [0.1, 0.15) is 37.3 Å². The van der Waals surface area contributed by atoms with Gasteiger partial charge in [-0.15, -0.1) is 0 Å². The summed E-state index contributed by atoms with van der Waals surface area (Å²) in [6, 6.07) is 8.75. The summed E-state index contributed by atoms with van der Waals surface area (Å²) in [7, 11) is 0. The highest BCUT2D eigenvalue weighted by atomic mass is 15.1. The minimum absolute atomic E-state index is 0.742. The third-order valence-electron chi connectivity index (χ3n) is 4.11. The predicted molar refractivity (Wildman–Crippen MR) is 77.5 cm³/mol. The average Bonchev–Trinajstić information content (AvgIpc) is 2.34. The zero-order valence-corrected chi connectivity index (χ0v) is 11.6. The van der Waals surface area contributed by atoms with Crippen LogP contribution >= 0.6 is 0 Å². The molecule has 1 aromatic rings. The Balaban J connectivity index is 1.96. The normalized spacial score (nSPS) is 15.9. The number of nitrogens with zero attached hydrogens (tertiary/aromatic N) is 1. The lowest BCUT2D eigenvalue weighted by atomic mass is 9.85. The molecule has 2 nitrogen and oxygen atoms in total. The van der Waals surface area contributed by atoms with E-state index >= 15 is 0 Å². The van der Waals surface area contributed by atoms with Gasteiger partial charge in [-0.25, -0.2) is 0 Å². The van der Waals surface area contributed by atoms with Crippen molar-refractivity contribution in [3.63, 3.8) is 0 Å². The summed E-state index contributed by atoms with van der Waals surface area (Å²) in [5, 5.41) is 0. The molecular formula is C16H26N2. The van der Waals surface area contributed by atoms with Crippen LogP contribution in [0.25, 0.3) is 0 Å². The van der Waals surface area contributed by atoms with Gasteiger partial charge in [0.25, 0.3) is 0 Å². The maximum atomic E-state index is 5.69. The first-order chi connectivity index (χ1) is 8.83. The van der Waals surface area contributed by atoms with E-state index < -0.39 is 0 Å². The summed E-state index contributed by atoms with van der Waals surface area (Å²) in [5.74, 6) is 0.951. The number of hydrogen-bond acceptors (Lipinski definition) is 2. The van der Waals surface area contributed by atoms with Crippen LogP contribution in [0.15, 0.2) is 24.3 Å². The monoisotopic (exact) mass is 246 g/mol. The van der Waals surface area contributed by atoms with Crippen LogP contribution in [0, 0.1) is 5.92 Å². The molecule has 100 valence electrons. The fourth-order valence-electron chi connectivity index (χ4n) is 2.70. The molecule has 1 aliphatic carbocycles. The van der Waals surface area contributed by atoms with Crippen LogP contribution < -0.4 is 5.73 Å². The van der Waals surface area contributed by atoms with Crippen molar-refractivity contribution in [3.05, 3.63) is 35.4 Å². The molecule has 1 aliphatic rings. The minimum Gasteiger partial charge on any atom is -0.330 e. The lowest BCUT2D eigenvalue weighted by Crippen LogP contribution is -2.32. The maximum Gasteiger partial charge on any atom is 0.0236 e. The smallest absolute Gasteiger partial charge is 0.0236 e. The molecule has 0 radical (unpaired) electrons. The first kappa shape index (κ1) is 13.6. The van der Waals surface area contributed by atoms with Crippen LogP contribution in [0.5, 0.6) is 0 Å². The Kier molecular flexibility index (Phi) is 5.21. The van der Waals surface area contributed by atoms with Gasteiger partial charge in [0.05, 0.1) is 0 Å². The van der Waals surface area contributed by atoms with Crippen LogP contribution in [-0.2, 0) is 13.0 Å². The third-order valence-corrected chi connectivity index (χ3v) is 4.11. The molecule has 0 bridgehead atoms. The van der Waals surface area contributed by atoms with Crippen molar-refractivity contribution in [2.45, 2.75) is 39.2 Å². The van der Waals surface area contributed by atoms with Gasteiger partial charge in [0.15, 0.2) is 0 Å². The predicted octanol–water partition coefficient (Wildman–Crippen LogP) is 2.81. The van der Waals surface area contributed by atoms with Gasteiger partial charge in [0.2, 0.25) is 0 Å². The van der Waals surface area contributed by atoms with Crippen molar-refractivity contribution in [2.24, 2.45) is 11.7 Å². The molecule has 2 rings (SSSR count). The standard InChI is InChI=1S/C16H26N2/c1-2-18(12-14-6-5-7-14)13-16-9-4-3-8-15(16)10-11-17/h3-4,8-9,14H,2,5-7,10-13,17H2,1H3. The van der Waals surface area contributed by atoms with Gasteiger partial charge in [-0.1, -0.05) is 37.6 Å². The Morgan fingerprint density at radius 3 is 2.50 bits per heavy atom. The minimum atomic E-state index is 0.742. The SMILES string of the molecule is CCN(Cc1ccccc1CCN)CC1CCC1. The quantitative estimate of drug-likeness (QED) is 0.801. The summed E-state index contributed by atoms with van der Waals surface area (Å²) < 4.78 is 0. The molecule has 1 aromatic carbocycles. The fourth-order valence-corrected chi connectivity index (χ4v) is 2.70. The fraction of sp³-hybridized carbons (Fsp3) is 0.625. The van der Waals surface area contributed by atoms with Crippen LogP contribution in [0.3, 0.4) is 0 Å². The molecular weight excluding hydrogens is 220 g/mol. The van der Waals surface area contributed by atoms with Gasteiger partial charge in [0.1, 0.15) is 0 Å². The molecule has 2 N–H and O–H groups in total. The summed E-state index contributed by atoms with van der Waals surface area (Å²) in [4.78, 5) is 2.58. The van der Waals surface area contributed by atoms with Gasteiger partial charge in [-0.3, -0.25) is 4.90 Å². The van der Waals surface area contributed by atoms with Crippen molar-refractivity contribution in [1.29, 1.82) is 0 Å². The van der Waals surface area contributed by atoms with E-state index in [1.54, 1.807) is 0 Å². The Hall–Kier alpha value is -0.860. The van der Waals surface area contributed by atoms with Gasteiger partial charge in [-0.05, 0) is 49.4 Å². The highest BCUT2D eigenvalue weighted by Gasteiger charge is 2.20. The van der Waals surface area contributed by atoms with Crippen molar-refractivity contribution in [3.8, 4) is 0 Å². The summed E-state index contributed by atoms with van der Waals surface area (Å²) in [6.07, 6.45) is 5.30. The van der Waals surface area contributed by atoms with Gasteiger partial charge >= 0.3 is 0 Å². The Morgan fingerprint density at radius 1 is 1.22 bits per heavy atom. The van der Waals surface area contributed by atoms with E-state index in [0.717, 1.165) is 32.0 Å². The highest BCUT2D eigenvalue weighted by molar-refractivity contribution is 5.27. The zero-order chi connectivity index (χ0) is 12.8. The van der Waals surface area contributed by atoms with Crippen molar-refractivity contribution >= 4 is 0 Å². The second kappa shape index (κ2) is 6.91. The first-order valence-electron chi connectivity index (χ1n) is 7.32. The van der Waals surface area contributed by atoms with Gasteiger partial charge < -0.3 is 5.73 Å². The second-order valence-electron chi connectivity index (χ2n) is 5.43. The van der Waals surface area contributed by atoms with E-state index in [-0.39, 0.29) is 0 Å². The number of hydrogen-bond donors (Lipinski definition) is 1. The number of nitrogens with two attached hydrogens (primary N) is 1. The van der Waals surface area contributed by atoms with E-state index in [1.165, 1.54) is 36.9 Å². The second-order valence-corrected chi connectivity index (χ2v) is 5.43. The molecule has 18 heavy (non-hydrogen) atoms. The Labute approximate surface area is 111 Å². The van der Waals surface area contributed by atoms with E-state index in [9.17, 15) is 0 Å². The summed E-state index contributed by atoms with van der Waals surface area (Å²) >= 11 is 0. The average molecular weight is 246 g/mol. The maximum absolute atomic E-state index is 5.69. The molecule has 0 spiro atoms. The largest absolute Gasteiger partial charge is 0.330 e. The van der Waals surface area contributed by atoms with Crippen molar-refractivity contribution in [2.75, 3.05) is 19.6 Å². The van der Waals surface area contributed by atoms with Gasteiger partial charge in [-0.2, -0.15) is 0 Å². The Bertz CT molecular complexity index is 358. The molecule has 0 saturated heterocycles. The molecule has 0 unspecified atom stereocenters. The lowest BCUT2D eigenvalue weighted by molar-refractivity contribution is 0.178. The molecule has 0 aliphatic heterocycles. The topological polar surface area (TPSA) is 29.3 Å². The lowest BCUT2D eigenvalue weighted by Gasteiger charge is -2.32. The molecule has 0 atom stereocenters. The first-order valence-corrected chi connectivity index (χ1v) is 7.32. The summed E-state index contributed by atoms with van der Waals surface area (Å²) in [6.45, 7) is 6.51. The third kappa shape index (κ3) is 3.56. The van der Waals surface area contributed by atoms with Crippen molar-refractivity contribution in [1.82, 2.24) is 4.90 Å². The zero-order valence-electron chi connectivity index (χ0n) is 11.6. The van der Waals surface area contributed by atoms with E-state index in [4.69, 9.17) is 5.73 Å². The van der Waals surface area contributed by atoms with Crippen LogP contribution in [0.2, 0.25) is 0 Å². The molecule has 0 heterocycles. The van der Waals surface area contributed by atoms with Crippen molar-refractivity contribution < 1.29 is 0 Å². The van der Waals surface area contributed by atoms with Crippen LogP contribution in [-0.4, -0.2) is 24.5 Å². The van der Waals surface area contributed by atoms with E-state index in [1.807, 2.05) is 0 Å². The highest BCUT2D eigenvalue weighted by Crippen LogP contribution is 2.27. The molecule has 0 aromatic heterocycles. The number of rotatable bonds is 7.